The van der Waals surface area contributed by atoms with Crippen LogP contribution in [0.3, 0.4) is 0 Å². The minimum atomic E-state index is -3.26. The van der Waals surface area contributed by atoms with Gasteiger partial charge in [0.2, 0.25) is 0 Å². The van der Waals surface area contributed by atoms with E-state index in [1.807, 2.05) is 19.9 Å². The molecule has 0 spiro atoms. The largest absolute Gasteiger partial charge is 0.489 e. The Bertz CT molecular complexity index is 1300. The van der Waals surface area contributed by atoms with Gasteiger partial charge in [-0.3, -0.25) is 4.57 Å². The maximum atomic E-state index is 12.8. The number of hydrogen-bond acceptors (Lipinski definition) is 5. The lowest BCUT2D eigenvalue weighted by Crippen LogP contribution is -2.08. The fourth-order valence-corrected chi connectivity index (χ4v) is 6.93. The Kier molecular flexibility index (Phi) is 8.00. The molecule has 5 nitrogen and oxygen atoms in total. The van der Waals surface area contributed by atoms with Crippen LogP contribution in [0.25, 0.3) is 0 Å². The van der Waals surface area contributed by atoms with Gasteiger partial charge >= 0.3 is 7.60 Å². The molecule has 2 aliphatic rings. The Hall–Kier alpha value is -2.59. The molecule has 3 aromatic rings. The topological polar surface area (TPSA) is 54.0 Å². The zero-order valence-electron chi connectivity index (χ0n) is 23.0. The fraction of sp³-hybridized carbons (Fsp3) is 0.438. The molecule has 0 amide bonds. The van der Waals surface area contributed by atoms with Crippen molar-refractivity contribution in [2.75, 3.05) is 19.6 Å². The lowest BCUT2D eigenvalue weighted by atomic mass is 9.86. The van der Waals surface area contributed by atoms with E-state index in [1.165, 1.54) is 46.2 Å². The first kappa shape index (κ1) is 27.0. The molecule has 202 valence electrons. The average molecular weight is 535 g/mol. The van der Waals surface area contributed by atoms with E-state index in [1.54, 1.807) is 0 Å². The van der Waals surface area contributed by atoms with Crippen molar-refractivity contribution < 1.29 is 23.1 Å². The van der Waals surface area contributed by atoms with Crippen molar-refractivity contribution in [1.29, 1.82) is 0 Å². The summed E-state index contributed by atoms with van der Waals surface area (Å²) in [4.78, 5) is 0. The predicted octanol–water partition coefficient (Wildman–Crippen LogP) is 8.31. The molecule has 0 saturated heterocycles. The van der Waals surface area contributed by atoms with Crippen LogP contribution in [-0.4, -0.2) is 19.6 Å². The molecule has 6 heteroatoms. The van der Waals surface area contributed by atoms with E-state index >= 15 is 0 Å². The van der Waals surface area contributed by atoms with Crippen LogP contribution >= 0.6 is 7.60 Å². The number of rotatable bonds is 12. The van der Waals surface area contributed by atoms with Crippen LogP contribution in [0.15, 0.2) is 60.7 Å². The van der Waals surface area contributed by atoms with Gasteiger partial charge in [0.05, 0.1) is 13.2 Å². The zero-order valence-corrected chi connectivity index (χ0v) is 23.9. The maximum Gasteiger partial charge on any atom is 0.367 e. The van der Waals surface area contributed by atoms with Crippen molar-refractivity contribution in [3.63, 3.8) is 0 Å². The third kappa shape index (κ3) is 5.86. The summed E-state index contributed by atoms with van der Waals surface area (Å²) in [5.41, 5.74) is 7.96. The van der Waals surface area contributed by atoms with Crippen LogP contribution in [-0.2, 0) is 32.1 Å². The minimum Gasteiger partial charge on any atom is -0.489 e. The lowest BCUT2D eigenvalue weighted by molar-refractivity contribution is 0.197. The molecule has 3 aromatic carbocycles. The number of ether oxygens (including phenoxy) is 2. The summed E-state index contributed by atoms with van der Waals surface area (Å²) in [5.74, 6) is 2.07. The number of fused-ring (bicyclic) bond motifs is 1. The van der Waals surface area contributed by atoms with Crippen LogP contribution in [0, 0.1) is 6.92 Å². The van der Waals surface area contributed by atoms with Crippen LogP contribution < -0.4 is 9.47 Å². The van der Waals surface area contributed by atoms with E-state index in [2.05, 4.69) is 68.4 Å². The van der Waals surface area contributed by atoms with Crippen molar-refractivity contribution in [3.05, 3.63) is 94.0 Å². The van der Waals surface area contributed by atoms with E-state index in [0.29, 0.717) is 25.7 Å². The van der Waals surface area contributed by atoms with Gasteiger partial charge in [0.1, 0.15) is 18.1 Å². The van der Waals surface area contributed by atoms with Gasteiger partial charge < -0.3 is 18.5 Å². The average Bonchev–Trinajstić information content (AvgIpc) is 3.51. The molecule has 1 unspecified atom stereocenters. The maximum absolute atomic E-state index is 12.8. The van der Waals surface area contributed by atoms with Gasteiger partial charge in [-0.25, -0.2) is 0 Å². The normalized spacial score (nSPS) is 17.7. The Morgan fingerprint density at radius 1 is 0.947 bits per heavy atom. The molecule has 0 bridgehead atoms. The summed E-state index contributed by atoms with van der Waals surface area (Å²) in [5, 5.41) is 0. The number of hydrogen-bond donors (Lipinski definition) is 0. The molecule has 5 rings (SSSR count). The monoisotopic (exact) mass is 534 g/mol. The second-order valence-corrected chi connectivity index (χ2v) is 12.7. The van der Waals surface area contributed by atoms with E-state index in [0.717, 1.165) is 24.3 Å². The van der Waals surface area contributed by atoms with E-state index in [4.69, 9.17) is 18.5 Å². The molecule has 0 aromatic heterocycles. The van der Waals surface area contributed by atoms with Gasteiger partial charge in [-0.15, -0.1) is 0 Å². The molecule has 0 aliphatic heterocycles. The first-order valence-corrected chi connectivity index (χ1v) is 15.5. The first-order valence-electron chi connectivity index (χ1n) is 13.8. The molecular weight excluding hydrogens is 495 g/mol. The zero-order chi connectivity index (χ0) is 26.8. The van der Waals surface area contributed by atoms with Crippen molar-refractivity contribution in [1.82, 2.24) is 0 Å². The van der Waals surface area contributed by atoms with Crippen molar-refractivity contribution in [2.45, 2.75) is 71.3 Å². The van der Waals surface area contributed by atoms with Crippen LogP contribution in [0.2, 0.25) is 0 Å². The van der Waals surface area contributed by atoms with E-state index in [-0.39, 0.29) is 11.8 Å². The fourth-order valence-electron chi connectivity index (χ4n) is 5.61. The predicted molar refractivity (Wildman–Crippen MR) is 151 cm³/mol. The van der Waals surface area contributed by atoms with E-state index < -0.39 is 7.60 Å². The lowest BCUT2D eigenvalue weighted by Gasteiger charge is -2.22. The summed E-state index contributed by atoms with van der Waals surface area (Å²) >= 11 is 0. The molecule has 0 radical (unpaired) electrons. The van der Waals surface area contributed by atoms with Crippen LogP contribution in [0.1, 0.15) is 79.3 Å². The molecule has 0 heterocycles. The standard InChI is InChI=1S/C32H39O5P/c1-5-36-38(33,37-6-2)22-35-27-18-23(3)31-26(19-27)12-14-28(31)25-13-15-30(29(20-25)32(4)16-17-32)34-21-24-10-8-7-9-11-24/h7-11,13,15,18-20,28H,5-6,12,14,16-17,21-22H2,1-4H3. The highest BCUT2D eigenvalue weighted by Crippen LogP contribution is 2.53. The van der Waals surface area contributed by atoms with Crippen molar-refractivity contribution in [2.24, 2.45) is 0 Å². The summed E-state index contributed by atoms with van der Waals surface area (Å²) in [6, 6.07) is 21.3. The van der Waals surface area contributed by atoms with Crippen molar-refractivity contribution in [3.8, 4) is 11.5 Å². The second-order valence-electron chi connectivity index (χ2n) is 10.7. The molecule has 0 N–H and O–H groups in total. The summed E-state index contributed by atoms with van der Waals surface area (Å²) in [7, 11) is -3.26. The van der Waals surface area contributed by atoms with Gasteiger partial charge in [0.25, 0.3) is 0 Å². The first-order chi connectivity index (χ1) is 18.3. The Balaban J connectivity index is 1.36. The highest BCUT2D eigenvalue weighted by molar-refractivity contribution is 7.53. The highest BCUT2D eigenvalue weighted by atomic mass is 31.2. The van der Waals surface area contributed by atoms with Gasteiger partial charge in [0, 0.05) is 11.5 Å². The van der Waals surface area contributed by atoms with Crippen LogP contribution in [0.5, 0.6) is 11.5 Å². The molecule has 1 atom stereocenters. The third-order valence-corrected chi connectivity index (χ3v) is 9.58. The van der Waals surface area contributed by atoms with Gasteiger partial charge in [-0.2, -0.15) is 0 Å². The summed E-state index contributed by atoms with van der Waals surface area (Å²) < 4.78 is 35.9. The molecule has 38 heavy (non-hydrogen) atoms. The minimum absolute atomic E-state index is 0.0806. The highest BCUT2D eigenvalue weighted by Gasteiger charge is 2.42. The summed E-state index contributed by atoms with van der Waals surface area (Å²) in [6.07, 6.45) is 4.38. The summed E-state index contributed by atoms with van der Waals surface area (Å²) in [6.45, 7) is 9.34. The SMILES string of the molecule is CCOP(=O)(COc1cc(C)c2c(c1)CCC2c1ccc(OCc2ccccc2)c(C2(C)CC2)c1)OCC. The molecule has 2 aliphatic carbocycles. The van der Waals surface area contributed by atoms with Crippen LogP contribution in [0.4, 0.5) is 0 Å². The van der Waals surface area contributed by atoms with Crippen molar-refractivity contribution >= 4 is 7.60 Å². The Morgan fingerprint density at radius 2 is 1.68 bits per heavy atom. The third-order valence-electron chi connectivity index (χ3n) is 7.83. The Labute approximate surface area is 227 Å². The molecular formula is C32H39O5P. The number of aryl methyl sites for hydroxylation is 2. The second kappa shape index (κ2) is 11.3. The smallest absolute Gasteiger partial charge is 0.367 e. The molecule has 1 saturated carbocycles. The number of benzene rings is 3. The van der Waals surface area contributed by atoms with E-state index in [9.17, 15) is 4.57 Å². The van der Waals surface area contributed by atoms with Gasteiger partial charge in [0.15, 0.2) is 6.35 Å². The molecule has 1 fully saturated rings. The van der Waals surface area contributed by atoms with Gasteiger partial charge in [-0.05, 0) is 97.9 Å². The van der Waals surface area contributed by atoms with Gasteiger partial charge in [-0.1, -0.05) is 49.4 Å². The Morgan fingerprint density at radius 3 is 2.37 bits per heavy atom. The quantitative estimate of drug-likeness (QED) is 0.219.